The maximum Gasteiger partial charge on any atom is 0.282 e. The second-order valence-electron chi connectivity index (χ2n) is 8.76. The van der Waals surface area contributed by atoms with Crippen LogP contribution in [0.15, 0.2) is 24.5 Å². The summed E-state index contributed by atoms with van der Waals surface area (Å²) in [5.41, 5.74) is 0.739. The molecule has 2 saturated heterocycles. The first kappa shape index (κ1) is 24.1. The number of fused-ring (bicyclic) bond motifs is 4. The molecule has 0 unspecified atom stereocenters. The number of rotatable bonds is 3. The van der Waals surface area contributed by atoms with Gasteiger partial charge in [0.05, 0.1) is 37.6 Å². The third kappa shape index (κ3) is 5.16. The molecule has 2 fully saturated rings. The van der Waals surface area contributed by atoms with Crippen LogP contribution in [-0.4, -0.2) is 101 Å². The molecule has 5 rings (SSSR count). The number of ether oxygens (including phenoxy) is 3. The number of aromatic nitrogens is 4. The van der Waals surface area contributed by atoms with E-state index in [1.54, 1.807) is 30.1 Å². The number of methoxy groups -OCH3 is 1. The van der Waals surface area contributed by atoms with E-state index in [2.05, 4.69) is 20.6 Å². The van der Waals surface area contributed by atoms with E-state index in [9.17, 15) is 13.2 Å². The van der Waals surface area contributed by atoms with E-state index >= 15 is 0 Å². The first-order chi connectivity index (χ1) is 16.9. The third-order valence-corrected chi connectivity index (χ3v) is 8.50. The van der Waals surface area contributed by atoms with Gasteiger partial charge in [-0.1, -0.05) is 5.21 Å². The zero-order valence-electron chi connectivity index (χ0n) is 19.4. The number of hydrogen-bond acceptors (Lipinski definition) is 9. The summed E-state index contributed by atoms with van der Waals surface area (Å²) >= 11 is 0. The van der Waals surface area contributed by atoms with E-state index in [0.29, 0.717) is 43.9 Å². The average molecular weight is 508 g/mol. The lowest BCUT2D eigenvalue weighted by molar-refractivity contribution is 0.0316. The highest BCUT2D eigenvalue weighted by molar-refractivity contribution is 7.86. The van der Waals surface area contributed by atoms with E-state index in [4.69, 9.17) is 14.2 Å². The number of carbonyl (C=O) groups excluding carboxylic acids is 1. The van der Waals surface area contributed by atoms with Gasteiger partial charge in [0.2, 0.25) is 0 Å². The Kier molecular flexibility index (Phi) is 6.98. The van der Waals surface area contributed by atoms with E-state index in [1.807, 2.05) is 0 Å². The minimum Gasteiger partial charge on any atom is -0.489 e. The SMILES string of the molecule is COC1CCN(S(=O)(=O)N2C[C@@H]3NC(=O)c4ncccc4OCCn4cc(nn4)CO[C@H]3C2)CC1. The van der Waals surface area contributed by atoms with Crippen LogP contribution in [0.1, 0.15) is 29.0 Å². The topological polar surface area (TPSA) is 141 Å². The zero-order valence-corrected chi connectivity index (χ0v) is 20.3. The van der Waals surface area contributed by atoms with Crippen molar-refractivity contribution in [1.82, 2.24) is 33.9 Å². The van der Waals surface area contributed by atoms with Crippen LogP contribution < -0.4 is 10.1 Å². The van der Waals surface area contributed by atoms with E-state index in [1.165, 1.54) is 14.8 Å². The Labute approximate surface area is 203 Å². The van der Waals surface area contributed by atoms with Gasteiger partial charge in [0.15, 0.2) is 11.4 Å². The maximum atomic E-state index is 13.4. The fraction of sp³-hybridized carbons (Fsp3) is 0.619. The summed E-state index contributed by atoms with van der Waals surface area (Å²) in [4.78, 5) is 17.3. The van der Waals surface area contributed by atoms with Gasteiger partial charge in [0, 0.05) is 39.5 Å². The summed E-state index contributed by atoms with van der Waals surface area (Å²) in [6.45, 7) is 1.80. The molecule has 0 aliphatic carbocycles. The number of nitrogens with zero attached hydrogens (tertiary/aromatic N) is 6. The Hall–Kier alpha value is -2.65. The molecule has 35 heavy (non-hydrogen) atoms. The Bertz CT molecular complexity index is 1150. The van der Waals surface area contributed by atoms with Crippen LogP contribution >= 0.6 is 0 Å². The van der Waals surface area contributed by atoms with Gasteiger partial charge in [-0.25, -0.2) is 9.67 Å². The molecule has 5 heterocycles. The molecule has 2 aromatic rings. The van der Waals surface area contributed by atoms with Crippen molar-refractivity contribution < 1.29 is 27.4 Å². The van der Waals surface area contributed by atoms with E-state index in [0.717, 1.165) is 0 Å². The van der Waals surface area contributed by atoms with Crippen LogP contribution in [0.4, 0.5) is 0 Å². The molecule has 1 N–H and O–H groups in total. The summed E-state index contributed by atoms with van der Waals surface area (Å²) in [5, 5.41) is 11.1. The van der Waals surface area contributed by atoms with Crippen molar-refractivity contribution in [3.05, 3.63) is 35.9 Å². The fourth-order valence-corrected chi connectivity index (χ4v) is 6.25. The van der Waals surface area contributed by atoms with Crippen molar-refractivity contribution in [1.29, 1.82) is 0 Å². The van der Waals surface area contributed by atoms with E-state index < -0.39 is 28.3 Å². The Balaban J connectivity index is 1.38. The lowest BCUT2D eigenvalue weighted by atomic mass is 10.1. The quantitative estimate of drug-likeness (QED) is 0.578. The van der Waals surface area contributed by atoms with Gasteiger partial charge in [0.25, 0.3) is 16.1 Å². The van der Waals surface area contributed by atoms with Gasteiger partial charge in [-0.05, 0) is 25.0 Å². The molecule has 3 aliphatic heterocycles. The second-order valence-corrected chi connectivity index (χ2v) is 10.7. The number of hydrogen-bond donors (Lipinski definition) is 1. The summed E-state index contributed by atoms with van der Waals surface area (Å²) in [7, 11) is -2.09. The van der Waals surface area contributed by atoms with Crippen LogP contribution in [0, 0.1) is 0 Å². The molecular weight excluding hydrogens is 478 g/mol. The summed E-state index contributed by atoms with van der Waals surface area (Å²) in [6.07, 6.45) is 4.04. The largest absolute Gasteiger partial charge is 0.489 e. The molecule has 13 nitrogen and oxygen atoms in total. The number of nitrogens with one attached hydrogen (secondary N) is 1. The molecule has 0 radical (unpaired) electrons. The van der Waals surface area contributed by atoms with Crippen molar-refractivity contribution in [2.75, 3.05) is 39.9 Å². The highest BCUT2D eigenvalue weighted by Crippen LogP contribution is 2.25. The highest BCUT2D eigenvalue weighted by atomic mass is 32.2. The number of amides is 1. The monoisotopic (exact) mass is 507 g/mol. The summed E-state index contributed by atoms with van der Waals surface area (Å²) < 4.78 is 48.5. The molecule has 14 heteroatoms. The maximum absolute atomic E-state index is 13.4. The fourth-order valence-electron chi connectivity index (χ4n) is 4.57. The number of pyridine rings is 1. The molecular formula is C21H29N7O6S. The predicted molar refractivity (Wildman–Crippen MR) is 122 cm³/mol. The van der Waals surface area contributed by atoms with Gasteiger partial charge in [-0.3, -0.25) is 4.79 Å². The predicted octanol–water partition coefficient (Wildman–Crippen LogP) is -0.579. The van der Waals surface area contributed by atoms with Crippen LogP contribution in [0.25, 0.3) is 0 Å². The molecule has 2 bridgehead atoms. The Morgan fingerprint density at radius 3 is 2.80 bits per heavy atom. The van der Waals surface area contributed by atoms with Crippen LogP contribution in [0.2, 0.25) is 0 Å². The molecule has 2 aromatic heterocycles. The van der Waals surface area contributed by atoms with Crippen LogP contribution in [0.3, 0.4) is 0 Å². The molecule has 0 spiro atoms. The van der Waals surface area contributed by atoms with Gasteiger partial charge >= 0.3 is 0 Å². The normalized spacial score (nSPS) is 25.2. The molecule has 190 valence electrons. The molecule has 1 amide bonds. The van der Waals surface area contributed by atoms with Crippen molar-refractivity contribution in [3.8, 4) is 5.75 Å². The minimum atomic E-state index is -3.73. The summed E-state index contributed by atoms with van der Waals surface area (Å²) in [5.74, 6) is -0.114. The van der Waals surface area contributed by atoms with Gasteiger partial charge in [-0.15, -0.1) is 5.10 Å². The van der Waals surface area contributed by atoms with Crippen LogP contribution in [-0.2, 0) is 32.8 Å². The van der Waals surface area contributed by atoms with Gasteiger partial charge in [0.1, 0.15) is 12.3 Å². The molecule has 2 atom stereocenters. The smallest absolute Gasteiger partial charge is 0.282 e. The Morgan fingerprint density at radius 2 is 2.00 bits per heavy atom. The highest BCUT2D eigenvalue weighted by Gasteiger charge is 2.43. The number of carbonyl (C=O) groups is 1. The lowest BCUT2D eigenvalue weighted by Crippen LogP contribution is -2.48. The zero-order chi connectivity index (χ0) is 24.4. The van der Waals surface area contributed by atoms with Crippen LogP contribution in [0.5, 0.6) is 5.75 Å². The second kappa shape index (κ2) is 10.1. The van der Waals surface area contributed by atoms with Crippen molar-refractivity contribution in [2.24, 2.45) is 0 Å². The van der Waals surface area contributed by atoms with Crippen molar-refractivity contribution in [3.63, 3.8) is 0 Å². The minimum absolute atomic E-state index is 0.0639. The third-order valence-electron chi connectivity index (χ3n) is 6.53. The summed E-state index contributed by atoms with van der Waals surface area (Å²) in [6, 6.07) is 2.77. The van der Waals surface area contributed by atoms with Gasteiger partial charge < -0.3 is 19.5 Å². The molecule has 3 aliphatic rings. The Morgan fingerprint density at radius 1 is 1.17 bits per heavy atom. The van der Waals surface area contributed by atoms with Crippen molar-refractivity contribution >= 4 is 16.1 Å². The van der Waals surface area contributed by atoms with Gasteiger partial charge in [-0.2, -0.15) is 17.0 Å². The first-order valence-corrected chi connectivity index (χ1v) is 13.0. The number of piperidine rings is 1. The average Bonchev–Trinajstić information content (AvgIpc) is 3.49. The molecule has 0 saturated carbocycles. The molecule has 0 aromatic carbocycles. The standard InChI is InChI=1S/C21H29N7O6S/c1-32-16-4-7-27(8-5-16)35(30,31)28-12-17-19(13-28)34-14-15-11-26(25-24-15)9-10-33-18-3-2-6-22-20(18)21(29)23-17/h2-3,6,11,16-17,19H,4-5,7-10,12-14H2,1H3,(H,23,29)/t17-,19-/m0/s1. The lowest BCUT2D eigenvalue weighted by Gasteiger charge is -2.33. The van der Waals surface area contributed by atoms with E-state index in [-0.39, 0.29) is 38.1 Å². The van der Waals surface area contributed by atoms with Crippen molar-refractivity contribution in [2.45, 2.75) is 44.2 Å². The first-order valence-electron chi connectivity index (χ1n) is 11.6.